The molecule has 0 fully saturated rings. The summed E-state index contributed by atoms with van der Waals surface area (Å²) in [6.07, 6.45) is -0.711. The van der Waals surface area contributed by atoms with Gasteiger partial charge in [-0.3, -0.25) is 4.79 Å². The lowest BCUT2D eigenvalue weighted by Crippen LogP contribution is -2.44. The number of carboxylic acids is 2. The topological polar surface area (TPSA) is 116 Å². The zero-order valence-corrected chi connectivity index (χ0v) is 11.3. The van der Waals surface area contributed by atoms with E-state index in [0.29, 0.717) is 16.3 Å². The second kappa shape index (κ2) is 6.76. The van der Waals surface area contributed by atoms with Crippen molar-refractivity contribution in [2.24, 2.45) is 0 Å². The average molecular weight is 301 g/mol. The van der Waals surface area contributed by atoms with Crippen molar-refractivity contribution in [1.82, 2.24) is 5.32 Å². The first-order chi connectivity index (χ1) is 9.31. The second-order valence-electron chi connectivity index (χ2n) is 4.00. The highest BCUT2D eigenvalue weighted by Crippen LogP contribution is 2.22. The van der Waals surface area contributed by atoms with E-state index in [-0.39, 0.29) is 0 Å². The number of carboxylic acid groups (broad SMARTS) is 2. The Labute approximate surface area is 119 Å². The number of urea groups is 1. The van der Waals surface area contributed by atoms with Crippen LogP contribution in [0.15, 0.2) is 18.2 Å². The Morgan fingerprint density at radius 1 is 1.30 bits per heavy atom. The van der Waals surface area contributed by atoms with Crippen LogP contribution >= 0.6 is 11.6 Å². The Bertz CT molecular complexity index is 547. The number of aliphatic carboxylic acids is 2. The molecule has 0 aliphatic heterocycles. The normalized spacial score (nSPS) is 11.5. The molecule has 4 N–H and O–H groups in total. The fraction of sp³-hybridized carbons (Fsp3) is 0.250. The molecule has 1 rings (SSSR count). The van der Waals surface area contributed by atoms with Gasteiger partial charge in [0.05, 0.1) is 6.42 Å². The van der Waals surface area contributed by atoms with Crippen LogP contribution in [-0.2, 0) is 9.59 Å². The van der Waals surface area contributed by atoms with Gasteiger partial charge in [-0.15, -0.1) is 0 Å². The van der Waals surface area contributed by atoms with Crippen LogP contribution in [0.2, 0.25) is 5.02 Å². The van der Waals surface area contributed by atoms with Crippen molar-refractivity contribution >= 4 is 35.3 Å². The summed E-state index contributed by atoms with van der Waals surface area (Å²) in [5, 5.41) is 22.3. The van der Waals surface area contributed by atoms with Gasteiger partial charge in [0, 0.05) is 10.7 Å². The highest BCUT2D eigenvalue weighted by Gasteiger charge is 2.23. The molecule has 1 aromatic rings. The summed E-state index contributed by atoms with van der Waals surface area (Å²) in [5.41, 5.74) is 1.03. The van der Waals surface area contributed by atoms with Crippen LogP contribution in [0.3, 0.4) is 0 Å². The number of hydrogen-bond donors (Lipinski definition) is 4. The van der Waals surface area contributed by atoms with E-state index < -0.39 is 30.4 Å². The lowest BCUT2D eigenvalue weighted by atomic mass is 10.2. The zero-order chi connectivity index (χ0) is 15.3. The Morgan fingerprint density at radius 3 is 2.50 bits per heavy atom. The molecule has 0 aliphatic rings. The molecule has 20 heavy (non-hydrogen) atoms. The highest BCUT2D eigenvalue weighted by atomic mass is 35.5. The first-order valence-corrected chi connectivity index (χ1v) is 5.96. The van der Waals surface area contributed by atoms with Gasteiger partial charge < -0.3 is 20.8 Å². The molecule has 0 bridgehead atoms. The van der Waals surface area contributed by atoms with E-state index in [4.69, 9.17) is 21.8 Å². The minimum absolute atomic E-state index is 0.412. The first kappa shape index (κ1) is 15.8. The van der Waals surface area contributed by atoms with Crippen molar-refractivity contribution in [3.05, 3.63) is 28.8 Å². The van der Waals surface area contributed by atoms with Gasteiger partial charge in [-0.25, -0.2) is 9.59 Å². The number of nitrogens with one attached hydrogen (secondary N) is 2. The summed E-state index contributed by atoms with van der Waals surface area (Å²) in [5.74, 6) is -2.75. The predicted octanol–water partition coefficient (Wildman–Crippen LogP) is 1.70. The van der Waals surface area contributed by atoms with Crippen LogP contribution in [0.1, 0.15) is 12.0 Å². The molecule has 0 saturated carbocycles. The molecule has 0 aliphatic carbocycles. The van der Waals surface area contributed by atoms with Crippen molar-refractivity contribution in [3.8, 4) is 0 Å². The summed E-state index contributed by atoms with van der Waals surface area (Å²) in [7, 11) is 0. The minimum Gasteiger partial charge on any atom is -0.481 e. The van der Waals surface area contributed by atoms with E-state index in [9.17, 15) is 14.4 Å². The molecule has 0 aromatic heterocycles. The molecule has 1 atom stereocenters. The smallest absolute Gasteiger partial charge is 0.326 e. The molecule has 7 nitrogen and oxygen atoms in total. The number of amides is 2. The maximum atomic E-state index is 11.7. The monoisotopic (exact) mass is 300 g/mol. The van der Waals surface area contributed by atoms with Gasteiger partial charge in [0.1, 0.15) is 6.04 Å². The lowest BCUT2D eigenvalue weighted by Gasteiger charge is -2.14. The molecule has 0 radical (unpaired) electrons. The van der Waals surface area contributed by atoms with E-state index in [1.807, 2.05) is 0 Å². The molecule has 8 heteroatoms. The SMILES string of the molecule is Cc1c(Cl)cccc1NC(=O)N[C@@H](CC(=O)O)C(=O)O. The molecule has 0 saturated heterocycles. The number of carbonyl (C=O) groups is 3. The third kappa shape index (κ3) is 4.43. The molecule has 2 amide bonds. The van der Waals surface area contributed by atoms with E-state index in [1.54, 1.807) is 25.1 Å². The maximum absolute atomic E-state index is 11.7. The number of halogens is 1. The predicted molar refractivity (Wildman–Crippen MR) is 72.0 cm³/mol. The first-order valence-electron chi connectivity index (χ1n) is 5.58. The molecule has 0 unspecified atom stereocenters. The summed E-state index contributed by atoms with van der Waals surface area (Å²) in [6.45, 7) is 1.68. The van der Waals surface area contributed by atoms with E-state index in [2.05, 4.69) is 10.6 Å². The van der Waals surface area contributed by atoms with Gasteiger partial charge in [-0.2, -0.15) is 0 Å². The quantitative estimate of drug-likeness (QED) is 0.660. The lowest BCUT2D eigenvalue weighted by molar-refractivity contribution is -0.145. The largest absolute Gasteiger partial charge is 0.481 e. The minimum atomic E-state index is -1.51. The third-order valence-electron chi connectivity index (χ3n) is 2.50. The standard InChI is InChI=1S/C12H13ClN2O5/c1-6-7(13)3-2-4-8(6)14-12(20)15-9(11(18)19)5-10(16)17/h2-4,9H,5H2,1H3,(H,16,17)(H,18,19)(H2,14,15,20)/t9-/m0/s1. The Morgan fingerprint density at radius 2 is 1.95 bits per heavy atom. The number of anilines is 1. The molecule has 108 valence electrons. The van der Waals surface area contributed by atoms with Crippen LogP contribution in [0.25, 0.3) is 0 Å². The van der Waals surface area contributed by atoms with Gasteiger partial charge in [-0.1, -0.05) is 17.7 Å². The van der Waals surface area contributed by atoms with Gasteiger partial charge in [-0.05, 0) is 24.6 Å². The summed E-state index contributed by atoms with van der Waals surface area (Å²) in [4.78, 5) is 33.0. The third-order valence-corrected chi connectivity index (χ3v) is 2.91. The molecule has 0 heterocycles. The van der Waals surface area contributed by atoms with Crippen molar-refractivity contribution < 1.29 is 24.6 Å². The van der Waals surface area contributed by atoms with Crippen LogP contribution in [-0.4, -0.2) is 34.2 Å². The molecular weight excluding hydrogens is 288 g/mol. The Hall–Kier alpha value is -2.28. The Kier molecular flexibility index (Phi) is 5.33. The summed E-state index contributed by atoms with van der Waals surface area (Å²) < 4.78 is 0. The molecular formula is C12H13ClN2O5. The van der Waals surface area contributed by atoms with Gasteiger partial charge in [0.25, 0.3) is 0 Å². The number of benzene rings is 1. The fourth-order valence-electron chi connectivity index (χ4n) is 1.43. The van der Waals surface area contributed by atoms with Crippen molar-refractivity contribution in [1.29, 1.82) is 0 Å². The van der Waals surface area contributed by atoms with Gasteiger partial charge >= 0.3 is 18.0 Å². The van der Waals surface area contributed by atoms with Crippen molar-refractivity contribution in [2.75, 3.05) is 5.32 Å². The average Bonchev–Trinajstić information content (AvgIpc) is 2.33. The van der Waals surface area contributed by atoms with Gasteiger partial charge in [0.2, 0.25) is 0 Å². The van der Waals surface area contributed by atoms with E-state index in [1.165, 1.54) is 0 Å². The fourth-order valence-corrected chi connectivity index (χ4v) is 1.61. The number of rotatable bonds is 5. The zero-order valence-electron chi connectivity index (χ0n) is 10.5. The molecule has 1 aromatic carbocycles. The number of hydrogen-bond acceptors (Lipinski definition) is 3. The maximum Gasteiger partial charge on any atom is 0.326 e. The second-order valence-corrected chi connectivity index (χ2v) is 4.41. The van der Waals surface area contributed by atoms with Crippen molar-refractivity contribution in [3.63, 3.8) is 0 Å². The van der Waals surface area contributed by atoms with Crippen LogP contribution in [0.5, 0.6) is 0 Å². The summed E-state index contributed by atoms with van der Waals surface area (Å²) in [6, 6.07) is 2.53. The van der Waals surface area contributed by atoms with Crippen LogP contribution < -0.4 is 10.6 Å². The van der Waals surface area contributed by atoms with E-state index >= 15 is 0 Å². The molecule has 0 spiro atoms. The Balaban J connectivity index is 2.73. The van der Waals surface area contributed by atoms with Crippen molar-refractivity contribution in [2.45, 2.75) is 19.4 Å². The summed E-state index contributed by atoms with van der Waals surface area (Å²) >= 11 is 5.88. The van der Waals surface area contributed by atoms with E-state index in [0.717, 1.165) is 0 Å². The van der Waals surface area contributed by atoms with Crippen LogP contribution in [0.4, 0.5) is 10.5 Å². The number of carbonyl (C=O) groups excluding carboxylic acids is 1. The van der Waals surface area contributed by atoms with Crippen LogP contribution in [0, 0.1) is 6.92 Å². The van der Waals surface area contributed by atoms with Gasteiger partial charge in [0.15, 0.2) is 0 Å². The highest BCUT2D eigenvalue weighted by molar-refractivity contribution is 6.31.